The van der Waals surface area contributed by atoms with Crippen LogP contribution in [0.2, 0.25) is 0 Å². The van der Waals surface area contributed by atoms with Gasteiger partial charge in [0, 0.05) is 29.7 Å². The lowest BCUT2D eigenvalue weighted by atomic mass is 10.0. The number of benzene rings is 2. The molecular formula is C26H31N2O3+. The first-order valence-electron chi connectivity index (χ1n) is 10.9. The summed E-state index contributed by atoms with van der Waals surface area (Å²) in [5.74, 6) is 1.16. The van der Waals surface area contributed by atoms with Crippen LogP contribution in [-0.2, 0) is 11.3 Å². The first-order valence-corrected chi connectivity index (χ1v) is 10.9. The Morgan fingerprint density at radius 2 is 1.71 bits per heavy atom. The van der Waals surface area contributed by atoms with Gasteiger partial charge in [-0.2, -0.15) is 0 Å². The average molecular weight is 420 g/mol. The van der Waals surface area contributed by atoms with Crippen molar-refractivity contribution in [3.05, 3.63) is 77.6 Å². The van der Waals surface area contributed by atoms with E-state index in [4.69, 9.17) is 9.15 Å². The molecule has 2 heterocycles. The number of amides is 1. The van der Waals surface area contributed by atoms with Crippen molar-refractivity contribution in [1.29, 1.82) is 0 Å². The molecule has 1 aromatic heterocycles. The van der Waals surface area contributed by atoms with Crippen molar-refractivity contribution in [3.8, 4) is 11.3 Å². The van der Waals surface area contributed by atoms with Crippen LogP contribution >= 0.6 is 0 Å². The van der Waals surface area contributed by atoms with E-state index in [9.17, 15) is 4.79 Å². The molecule has 1 aliphatic heterocycles. The highest BCUT2D eigenvalue weighted by Crippen LogP contribution is 2.26. The first kappa shape index (κ1) is 21.3. The third-order valence-corrected chi connectivity index (χ3v) is 6.20. The van der Waals surface area contributed by atoms with Crippen LogP contribution in [0.4, 0.5) is 5.69 Å². The van der Waals surface area contributed by atoms with Gasteiger partial charge in [-0.1, -0.05) is 42.5 Å². The zero-order chi connectivity index (χ0) is 21.8. The minimum Gasteiger partial charge on any atom is -0.461 e. The summed E-state index contributed by atoms with van der Waals surface area (Å²) in [4.78, 5) is 12.8. The van der Waals surface area contributed by atoms with E-state index in [2.05, 4.69) is 31.5 Å². The maximum Gasteiger partial charge on any atom is 0.259 e. The van der Waals surface area contributed by atoms with E-state index in [-0.39, 0.29) is 5.91 Å². The fourth-order valence-electron chi connectivity index (χ4n) is 4.33. The van der Waals surface area contributed by atoms with E-state index in [1.54, 1.807) is 0 Å². The molecule has 0 radical (unpaired) electrons. The maximum absolute atomic E-state index is 12.8. The molecule has 0 spiro atoms. The number of hydrogen-bond acceptors (Lipinski definition) is 3. The second-order valence-electron chi connectivity index (χ2n) is 8.88. The predicted octanol–water partition coefficient (Wildman–Crippen LogP) is 5.26. The van der Waals surface area contributed by atoms with Gasteiger partial charge in [0.05, 0.1) is 38.9 Å². The van der Waals surface area contributed by atoms with Crippen molar-refractivity contribution in [1.82, 2.24) is 0 Å². The molecule has 2 aromatic carbocycles. The Bertz CT molecular complexity index is 1020. The molecule has 31 heavy (non-hydrogen) atoms. The Morgan fingerprint density at radius 3 is 2.39 bits per heavy atom. The van der Waals surface area contributed by atoms with Gasteiger partial charge in [0.2, 0.25) is 0 Å². The van der Waals surface area contributed by atoms with Crippen LogP contribution in [0.5, 0.6) is 0 Å². The fraction of sp³-hybridized carbons (Fsp3) is 0.346. The molecule has 3 aromatic rings. The number of aryl methyl sites for hydroxylation is 1. The van der Waals surface area contributed by atoms with E-state index in [0.717, 1.165) is 48.3 Å². The highest BCUT2D eigenvalue weighted by Gasteiger charge is 2.30. The van der Waals surface area contributed by atoms with Crippen LogP contribution in [0.15, 0.2) is 65.1 Å². The number of hydrogen-bond donors (Lipinski definition) is 1. The van der Waals surface area contributed by atoms with Gasteiger partial charge in [0.15, 0.2) is 0 Å². The van der Waals surface area contributed by atoms with E-state index in [1.807, 2.05) is 55.5 Å². The Morgan fingerprint density at radius 1 is 1.03 bits per heavy atom. The van der Waals surface area contributed by atoms with Gasteiger partial charge in [0.25, 0.3) is 5.91 Å². The van der Waals surface area contributed by atoms with Crippen LogP contribution in [0.1, 0.15) is 34.5 Å². The SMILES string of the molecule is Cc1oc(-c2ccccc2)cc1C(=O)Nc1ccc(C[N+](C)(C)C2CCOCC2)cc1. The number of nitrogens with one attached hydrogen (secondary N) is 1. The van der Waals surface area contributed by atoms with E-state index >= 15 is 0 Å². The van der Waals surface area contributed by atoms with Gasteiger partial charge in [0.1, 0.15) is 18.1 Å². The Balaban J connectivity index is 1.41. The van der Waals surface area contributed by atoms with Gasteiger partial charge in [-0.25, -0.2) is 0 Å². The molecule has 0 atom stereocenters. The highest BCUT2D eigenvalue weighted by molar-refractivity contribution is 6.05. The smallest absolute Gasteiger partial charge is 0.259 e. The zero-order valence-electron chi connectivity index (χ0n) is 18.6. The summed E-state index contributed by atoms with van der Waals surface area (Å²) in [6.07, 6.45) is 2.21. The molecule has 0 unspecified atom stereocenters. The summed E-state index contributed by atoms with van der Waals surface area (Å²) in [6.45, 7) is 4.49. The molecule has 5 heteroatoms. The van der Waals surface area contributed by atoms with Crippen molar-refractivity contribution in [2.45, 2.75) is 32.4 Å². The van der Waals surface area contributed by atoms with Crippen molar-refractivity contribution in [2.75, 3.05) is 32.6 Å². The number of furan rings is 1. The number of quaternary nitrogens is 1. The Hall–Kier alpha value is -2.89. The molecule has 1 amide bonds. The molecule has 1 saturated heterocycles. The monoisotopic (exact) mass is 419 g/mol. The molecule has 0 saturated carbocycles. The summed E-state index contributed by atoms with van der Waals surface area (Å²) >= 11 is 0. The molecule has 5 nitrogen and oxygen atoms in total. The van der Waals surface area contributed by atoms with Crippen LogP contribution in [-0.4, -0.2) is 43.7 Å². The minimum absolute atomic E-state index is 0.158. The number of carbonyl (C=O) groups excluding carboxylic acids is 1. The normalized spacial score (nSPS) is 15.1. The quantitative estimate of drug-likeness (QED) is 0.554. The molecular weight excluding hydrogens is 388 g/mol. The van der Waals surface area contributed by atoms with Crippen LogP contribution in [0.25, 0.3) is 11.3 Å². The summed E-state index contributed by atoms with van der Waals surface area (Å²) in [5.41, 5.74) is 3.56. The molecule has 0 aliphatic carbocycles. The lowest BCUT2D eigenvalue weighted by Gasteiger charge is -2.40. The molecule has 1 N–H and O–H groups in total. The summed E-state index contributed by atoms with van der Waals surface area (Å²) < 4.78 is 12.3. The van der Waals surface area contributed by atoms with Crippen molar-refractivity contribution in [2.24, 2.45) is 0 Å². The summed E-state index contributed by atoms with van der Waals surface area (Å²) in [7, 11) is 4.58. The average Bonchev–Trinajstić information content (AvgIpc) is 3.18. The molecule has 0 bridgehead atoms. The number of rotatable bonds is 6. The Kier molecular flexibility index (Phi) is 6.25. The zero-order valence-corrected chi connectivity index (χ0v) is 18.6. The molecule has 1 fully saturated rings. The third-order valence-electron chi connectivity index (χ3n) is 6.20. The number of carbonyl (C=O) groups is 1. The van der Waals surface area contributed by atoms with Gasteiger partial charge >= 0.3 is 0 Å². The molecule has 1 aliphatic rings. The molecule has 162 valence electrons. The third kappa shape index (κ3) is 5.06. The van der Waals surface area contributed by atoms with Crippen molar-refractivity contribution < 1.29 is 18.4 Å². The number of nitrogens with zero attached hydrogens (tertiary/aromatic N) is 1. The van der Waals surface area contributed by atoms with E-state index in [1.165, 1.54) is 5.56 Å². The van der Waals surface area contributed by atoms with Crippen LogP contribution in [0.3, 0.4) is 0 Å². The predicted molar refractivity (Wildman–Crippen MR) is 123 cm³/mol. The van der Waals surface area contributed by atoms with Crippen LogP contribution in [0, 0.1) is 6.92 Å². The van der Waals surface area contributed by atoms with Gasteiger partial charge in [-0.05, 0) is 25.1 Å². The lowest BCUT2D eigenvalue weighted by molar-refractivity contribution is -0.929. The maximum atomic E-state index is 12.8. The number of ether oxygens (including phenoxy) is 1. The Labute approximate surface area is 184 Å². The van der Waals surface area contributed by atoms with E-state index < -0.39 is 0 Å². The number of anilines is 1. The topological polar surface area (TPSA) is 51.5 Å². The lowest BCUT2D eigenvalue weighted by Crippen LogP contribution is -2.50. The van der Waals surface area contributed by atoms with Crippen LogP contribution < -0.4 is 5.32 Å². The highest BCUT2D eigenvalue weighted by atomic mass is 16.5. The van der Waals surface area contributed by atoms with Gasteiger partial charge in [-0.3, -0.25) is 4.79 Å². The van der Waals surface area contributed by atoms with Gasteiger partial charge in [-0.15, -0.1) is 0 Å². The van der Waals surface area contributed by atoms with Crippen molar-refractivity contribution in [3.63, 3.8) is 0 Å². The summed E-state index contributed by atoms with van der Waals surface area (Å²) in [6, 6.07) is 20.4. The molecule has 4 rings (SSSR count). The fourth-order valence-corrected chi connectivity index (χ4v) is 4.33. The second kappa shape index (κ2) is 9.08. The van der Waals surface area contributed by atoms with E-state index in [0.29, 0.717) is 23.1 Å². The van der Waals surface area contributed by atoms with Gasteiger partial charge < -0.3 is 19.0 Å². The largest absolute Gasteiger partial charge is 0.461 e. The summed E-state index contributed by atoms with van der Waals surface area (Å²) in [5, 5.41) is 3.00. The minimum atomic E-state index is -0.158. The standard InChI is InChI=1S/C26H30N2O3/c1-19-24(17-25(31-19)21-7-5-4-6-8-21)26(29)27-22-11-9-20(10-12-22)18-28(2,3)23-13-15-30-16-14-23/h4-12,17,23H,13-16,18H2,1-3H3/p+1. The first-order chi connectivity index (χ1) is 14.9. The second-order valence-corrected chi connectivity index (χ2v) is 8.88. The van der Waals surface area contributed by atoms with Crippen molar-refractivity contribution >= 4 is 11.6 Å².